The normalized spacial score (nSPS) is 10.0. The van der Waals surface area contributed by atoms with Crippen molar-refractivity contribution in [1.29, 1.82) is 5.26 Å². The third-order valence-corrected chi connectivity index (χ3v) is 3.88. The molecule has 1 amide bonds. The summed E-state index contributed by atoms with van der Waals surface area (Å²) in [6, 6.07) is 15.5. The Labute approximate surface area is 160 Å². The first-order valence-electron chi connectivity index (χ1n) is 7.54. The Morgan fingerprint density at radius 3 is 2.46 bits per heavy atom. The third-order valence-electron chi connectivity index (χ3n) is 3.45. The van der Waals surface area contributed by atoms with Crippen LogP contribution in [0.3, 0.4) is 0 Å². The largest absolute Gasteiger partial charge is 0.354 e. The zero-order valence-corrected chi connectivity index (χ0v) is 14.8. The SMILES string of the molecule is N#Cc1ccccc1NC(=O)c1cncc(Nc2cc(Cl)cc(Cl)c2)c1. The Kier molecular flexibility index (Phi) is 5.37. The van der Waals surface area contributed by atoms with E-state index in [0.717, 1.165) is 0 Å². The summed E-state index contributed by atoms with van der Waals surface area (Å²) in [7, 11) is 0. The molecule has 2 N–H and O–H groups in total. The third kappa shape index (κ3) is 4.31. The van der Waals surface area contributed by atoms with Crippen LogP contribution in [-0.2, 0) is 0 Å². The van der Waals surface area contributed by atoms with Crippen molar-refractivity contribution in [2.45, 2.75) is 0 Å². The maximum atomic E-state index is 12.5. The van der Waals surface area contributed by atoms with Crippen LogP contribution in [0.25, 0.3) is 0 Å². The molecule has 0 bridgehead atoms. The second-order valence-electron chi connectivity index (χ2n) is 5.36. The highest BCUT2D eigenvalue weighted by Gasteiger charge is 2.10. The Morgan fingerprint density at radius 2 is 1.73 bits per heavy atom. The number of hydrogen-bond acceptors (Lipinski definition) is 4. The van der Waals surface area contributed by atoms with E-state index in [0.29, 0.717) is 38.2 Å². The summed E-state index contributed by atoms with van der Waals surface area (Å²) in [6.45, 7) is 0. The summed E-state index contributed by atoms with van der Waals surface area (Å²) in [5, 5.41) is 15.9. The van der Waals surface area contributed by atoms with Crippen LogP contribution in [0.1, 0.15) is 15.9 Å². The molecule has 128 valence electrons. The van der Waals surface area contributed by atoms with Gasteiger partial charge >= 0.3 is 0 Å². The minimum Gasteiger partial charge on any atom is -0.354 e. The first kappa shape index (κ1) is 17.7. The number of nitrogens with one attached hydrogen (secondary N) is 2. The van der Waals surface area contributed by atoms with Crippen molar-refractivity contribution in [2.75, 3.05) is 10.6 Å². The van der Waals surface area contributed by atoms with Gasteiger partial charge in [0.1, 0.15) is 6.07 Å². The molecule has 0 saturated heterocycles. The monoisotopic (exact) mass is 382 g/mol. The van der Waals surface area contributed by atoms with E-state index in [1.54, 1.807) is 54.7 Å². The highest BCUT2D eigenvalue weighted by Crippen LogP contribution is 2.25. The van der Waals surface area contributed by atoms with Crippen LogP contribution in [0, 0.1) is 11.3 Å². The average molecular weight is 383 g/mol. The molecular formula is C19H12Cl2N4O. The summed E-state index contributed by atoms with van der Waals surface area (Å²) in [6.07, 6.45) is 3.02. The standard InChI is InChI=1S/C19H12Cl2N4O/c20-14-6-15(21)8-16(7-14)24-17-5-13(10-23-11-17)19(26)25-18-4-2-1-3-12(18)9-22/h1-8,10-11,24H,(H,25,26). The number of carbonyl (C=O) groups excluding carboxylic acids is 1. The van der Waals surface area contributed by atoms with Gasteiger partial charge in [0.05, 0.1) is 28.7 Å². The number of hydrogen-bond donors (Lipinski definition) is 2. The van der Waals surface area contributed by atoms with Crippen LogP contribution in [0.5, 0.6) is 0 Å². The van der Waals surface area contributed by atoms with Crippen molar-refractivity contribution in [3.05, 3.63) is 82.1 Å². The first-order valence-corrected chi connectivity index (χ1v) is 8.29. The summed E-state index contributed by atoms with van der Waals surface area (Å²) in [5.41, 5.74) is 2.45. The molecule has 0 saturated carbocycles. The van der Waals surface area contributed by atoms with Gasteiger partial charge in [-0.15, -0.1) is 0 Å². The number of nitriles is 1. The van der Waals surface area contributed by atoms with E-state index < -0.39 is 0 Å². The Bertz CT molecular complexity index is 994. The van der Waals surface area contributed by atoms with Crippen molar-refractivity contribution < 1.29 is 4.79 Å². The molecule has 1 aromatic heterocycles. The maximum Gasteiger partial charge on any atom is 0.257 e. The molecule has 7 heteroatoms. The van der Waals surface area contributed by atoms with Crippen LogP contribution in [0.15, 0.2) is 60.9 Å². The summed E-state index contributed by atoms with van der Waals surface area (Å²) in [5.74, 6) is -0.368. The number of carbonyl (C=O) groups is 1. The number of benzene rings is 2. The molecule has 3 aromatic rings. The summed E-state index contributed by atoms with van der Waals surface area (Å²) >= 11 is 12.0. The predicted octanol–water partition coefficient (Wildman–Crippen LogP) is 5.26. The zero-order valence-electron chi connectivity index (χ0n) is 13.3. The highest BCUT2D eigenvalue weighted by molar-refractivity contribution is 6.35. The zero-order chi connectivity index (χ0) is 18.5. The van der Waals surface area contributed by atoms with Gasteiger partial charge in [-0.2, -0.15) is 5.26 Å². The van der Waals surface area contributed by atoms with Gasteiger partial charge in [0, 0.05) is 21.9 Å². The van der Waals surface area contributed by atoms with Gasteiger partial charge in [-0.05, 0) is 36.4 Å². The number of halogens is 2. The van der Waals surface area contributed by atoms with Gasteiger partial charge in [0.15, 0.2) is 0 Å². The summed E-state index contributed by atoms with van der Waals surface area (Å²) in [4.78, 5) is 16.5. The van der Waals surface area contributed by atoms with Crippen LogP contribution >= 0.6 is 23.2 Å². The number of nitrogens with zero attached hydrogens (tertiary/aromatic N) is 2. The molecule has 0 unspecified atom stereocenters. The van der Waals surface area contributed by atoms with E-state index in [1.165, 1.54) is 6.20 Å². The molecule has 0 aliphatic heterocycles. The number of amides is 1. The molecule has 0 aliphatic rings. The lowest BCUT2D eigenvalue weighted by molar-refractivity contribution is 0.102. The second kappa shape index (κ2) is 7.87. The molecule has 26 heavy (non-hydrogen) atoms. The number of rotatable bonds is 4. The molecule has 3 rings (SSSR count). The van der Waals surface area contributed by atoms with Crippen molar-refractivity contribution in [3.63, 3.8) is 0 Å². The van der Waals surface area contributed by atoms with E-state index >= 15 is 0 Å². The second-order valence-corrected chi connectivity index (χ2v) is 6.23. The minimum absolute atomic E-state index is 0.343. The number of anilines is 3. The van der Waals surface area contributed by atoms with Gasteiger partial charge in [-0.25, -0.2) is 0 Å². The lowest BCUT2D eigenvalue weighted by Crippen LogP contribution is -2.13. The topological polar surface area (TPSA) is 77.8 Å². The molecular weight excluding hydrogens is 371 g/mol. The summed E-state index contributed by atoms with van der Waals surface area (Å²) < 4.78 is 0. The Morgan fingerprint density at radius 1 is 1.00 bits per heavy atom. The van der Waals surface area contributed by atoms with Gasteiger partial charge in [-0.1, -0.05) is 35.3 Å². The fourth-order valence-corrected chi connectivity index (χ4v) is 2.84. The van der Waals surface area contributed by atoms with Crippen LogP contribution in [0.4, 0.5) is 17.1 Å². The molecule has 0 fully saturated rings. The molecule has 0 atom stereocenters. The molecule has 5 nitrogen and oxygen atoms in total. The maximum absolute atomic E-state index is 12.5. The number of para-hydroxylation sites is 1. The van der Waals surface area contributed by atoms with Crippen molar-refractivity contribution >= 4 is 46.2 Å². The predicted molar refractivity (Wildman–Crippen MR) is 103 cm³/mol. The lowest BCUT2D eigenvalue weighted by Gasteiger charge is -2.10. The van der Waals surface area contributed by atoms with Crippen LogP contribution in [0.2, 0.25) is 10.0 Å². The molecule has 1 heterocycles. The van der Waals surface area contributed by atoms with Crippen molar-refractivity contribution in [2.24, 2.45) is 0 Å². The molecule has 0 aliphatic carbocycles. The van der Waals surface area contributed by atoms with Gasteiger partial charge in [0.2, 0.25) is 0 Å². The van der Waals surface area contributed by atoms with Gasteiger partial charge in [-0.3, -0.25) is 9.78 Å². The fourth-order valence-electron chi connectivity index (χ4n) is 2.31. The van der Waals surface area contributed by atoms with Crippen LogP contribution < -0.4 is 10.6 Å². The van der Waals surface area contributed by atoms with E-state index in [1.807, 2.05) is 6.07 Å². The van der Waals surface area contributed by atoms with Crippen molar-refractivity contribution in [3.8, 4) is 6.07 Å². The van der Waals surface area contributed by atoms with Gasteiger partial charge in [0.25, 0.3) is 5.91 Å². The molecule has 0 radical (unpaired) electrons. The first-order chi connectivity index (χ1) is 12.5. The van der Waals surface area contributed by atoms with Crippen molar-refractivity contribution in [1.82, 2.24) is 4.98 Å². The average Bonchev–Trinajstić information content (AvgIpc) is 2.61. The molecule has 2 aromatic carbocycles. The van der Waals surface area contributed by atoms with E-state index in [2.05, 4.69) is 15.6 Å². The lowest BCUT2D eigenvalue weighted by atomic mass is 10.2. The smallest absolute Gasteiger partial charge is 0.257 e. The van der Waals surface area contributed by atoms with Crippen LogP contribution in [-0.4, -0.2) is 10.9 Å². The van der Waals surface area contributed by atoms with E-state index in [4.69, 9.17) is 28.5 Å². The number of pyridine rings is 1. The highest BCUT2D eigenvalue weighted by atomic mass is 35.5. The fraction of sp³-hybridized carbons (Fsp3) is 0. The van der Waals surface area contributed by atoms with E-state index in [-0.39, 0.29) is 5.91 Å². The van der Waals surface area contributed by atoms with Gasteiger partial charge < -0.3 is 10.6 Å². The Balaban J connectivity index is 1.80. The number of aromatic nitrogens is 1. The Hall–Kier alpha value is -3.07. The minimum atomic E-state index is -0.368. The van der Waals surface area contributed by atoms with E-state index in [9.17, 15) is 4.79 Å². The molecule has 0 spiro atoms. The quantitative estimate of drug-likeness (QED) is 0.645.